The molecule has 0 fully saturated rings. The number of aldehydes is 1. The zero-order valence-corrected chi connectivity index (χ0v) is 10.7. The fourth-order valence-electron chi connectivity index (χ4n) is 1.17. The van der Waals surface area contributed by atoms with Gasteiger partial charge in [-0.1, -0.05) is 20.8 Å². The van der Waals surface area contributed by atoms with E-state index in [1.54, 1.807) is 0 Å². The molecule has 0 heterocycles. The van der Waals surface area contributed by atoms with Crippen LogP contribution in [0.2, 0.25) is 0 Å². The van der Waals surface area contributed by atoms with Gasteiger partial charge in [-0.25, -0.2) is 0 Å². The lowest BCUT2D eigenvalue weighted by Gasteiger charge is -2.13. The maximum absolute atomic E-state index is 9.87. The van der Waals surface area contributed by atoms with Gasteiger partial charge in [0.25, 0.3) is 0 Å². The van der Waals surface area contributed by atoms with E-state index in [0.29, 0.717) is 19.3 Å². The summed E-state index contributed by atoms with van der Waals surface area (Å²) in [6.07, 6.45) is 2.76. The first-order chi connectivity index (χ1) is 7.62. The van der Waals surface area contributed by atoms with E-state index in [0.717, 1.165) is 6.29 Å². The predicted octanol–water partition coefficient (Wildman–Crippen LogP) is 2.18. The molecule has 1 N–H and O–H groups in total. The first-order valence-electron chi connectivity index (χ1n) is 6.00. The van der Waals surface area contributed by atoms with Crippen LogP contribution in [0.1, 0.15) is 46.5 Å². The molecule has 0 rings (SSSR count). The molecule has 0 aliphatic carbocycles. The van der Waals surface area contributed by atoms with Crippen LogP contribution >= 0.6 is 0 Å². The van der Waals surface area contributed by atoms with Gasteiger partial charge in [-0.2, -0.15) is 0 Å². The summed E-state index contributed by atoms with van der Waals surface area (Å²) in [5.41, 5.74) is 0. The predicted molar refractivity (Wildman–Crippen MR) is 65.6 cm³/mol. The number of hydrogen-bond donors (Lipinski definition) is 1. The highest BCUT2D eigenvalue weighted by molar-refractivity contribution is 5.66. The van der Waals surface area contributed by atoms with Crippen molar-refractivity contribution in [1.29, 1.82) is 0 Å². The molecule has 0 amide bonds. The lowest BCUT2D eigenvalue weighted by molar-refractivity contribution is -0.137. The Labute approximate surface area is 98.6 Å². The minimum Gasteiger partial charge on any atom is -0.481 e. The van der Waals surface area contributed by atoms with Gasteiger partial charge >= 0.3 is 5.97 Å². The molecule has 0 radical (unpaired) electrons. The summed E-state index contributed by atoms with van der Waals surface area (Å²) < 4.78 is 0. The smallest absolute Gasteiger partial charge is 0.303 e. The molecule has 0 saturated carbocycles. The number of rotatable bonds is 8. The molecule has 0 atom stereocenters. The molecule has 4 heteroatoms. The van der Waals surface area contributed by atoms with Gasteiger partial charge in [0.15, 0.2) is 0 Å². The summed E-state index contributed by atoms with van der Waals surface area (Å²) in [4.78, 5) is 22.0. The summed E-state index contributed by atoms with van der Waals surface area (Å²) in [5.74, 6) is -0.791. The first kappa shape index (κ1) is 17.5. The van der Waals surface area contributed by atoms with E-state index in [9.17, 15) is 9.59 Å². The van der Waals surface area contributed by atoms with Crippen molar-refractivity contribution >= 4 is 12.3 Å². The highest BCUT2D eigenvalue weighted by atomic mass is 16.4. The minimum atomic E-state index is -0.791. The van der Waals surface area contributed by atoms with Crippen molar-refractivity contribution in [2.75, 3.05) is 19.6 Å². The van der Waals surface area contributed by atoms with Gasteiger partial charge in [-0.05, 0) is 32.5 Å². The first-order valence-corrected chi connectivity index (χ1v) is 6.00. The summed E-state index contributed by atoms with van der Waals surface area (Å²) in [7, 11) is 0. The second-order valence-electron chi connectivity index (χ2n) is 3.43. The summed E-state index contributed by atoms with van der Waals surface area (Å²) in [5, 5.41) is 8.12. The number of carbonyl (C=O) groups excluding carboxylic acids is 1. The van der Waals surface area contributed by atoms with E-state index in [4.69, 9.17) is 5.11 Å². The number of nitrogens with zero attached hydrogens (tertiary/aromatic N) is 1. The average molecular weight is 231 g/mol. The number of hydrogen-bond acceptors (Lipinski definition) is 3. The quantitative estimate of drug-likeness (QED) is 0.514. The molecule has 0 aliphatic rings. The van der Waals surface area contributed by atoms with Crippen molar-refractivity contribution in [1.82, 2.24) is 4.90 Å². The van der Waals surface area contributed by atoms with E-state index in [1.165, 1.54) is 19.6 Å². The second-order valence-corrected chi connectivity index (χ2v) is 3.43. The SMILES string of the molecule is CCN(CC)CC.O=CCCCCC(=O)O. The number of carboxylic acid groups (broad SMARTS) is 1. The zero-order valence-electron chi connectivity index (χ0n) is 10.7. The Morgan fingerprint density at radius 3 is 1.88 bits per heavy atom. The Hall–Kier alpha value is -0.900. The van der Waals surface area contributed by atoms with Gasteiger partial charge in [-0.15, -0.1) is 0 Å². The Kier molecular flexibility index (Phi) is 15.4. The molecule has 0 aromatic rings. The molecular formula is C12H25NO3. The van der Waals surface area contributed by atoms with Gasteiger partial charge in [0.05, 0.1) is 0 Å². The molecule has 4 nitrogen and oxygen atoms in total. The third-order valence-electron chi connectivity index (χ3n) is 2.30. The van der Waals surface area contributed by atoms with Crippen LogP contribution in [0.3, 0.4) is 0 Å². The van der Waals surface area contributed by atoms with Crippen LogP contribution in [0.15, 0.2) is 0 Å². The molecule has 0 aromatic carbocycles. The Morgan fingerprint density at radius 1 is 1.12 bits per heavy atom. The van der Waals surface area contributed by atoms with Gasteiger partial charge in [0, 0.05) is 12.8 Å². The van der Waals surface area contributed by atoms with Crippen molar-refractivity contribution in [3.05, 3.63) is 0 Å². The molecule has 0 aliphatic heterocycles. The standard InChI is InChI=1S/C6H15N.C6H10O3/c1-4-7(5-2)6-3;7-5-3-1-2-4-6(8)9/h4-6H2,1-3H3;5H,1-4H2,(H,8,9). The average Bonchev–Trinajstić information content (AvgIpc) is 2.28. The minimum absolute atomic E-state index is 0.174. The molecule has 0 bridgehead atoms. The fourth-order valence-corrected chi connectivity index (χ4v) is 1.17. The normalized spacial score (nSPS) is 9.50. The van der Waals surface area contributed by atoms with Crippen molar-refractivity contribution < 1.29 is 14.7 Å². The molecule has 96 valence electrons. The molecular weight excluding hydrogens is 206 g/mol. The lowest BCUT2D eigenvalue weighted by Crippen LogP contribution is -2.21. The number of carboxylic acids is 1. The molecule has 16 heavy (non-hydrogen) atoms. The summed E-state index contributed by atoms with van der Waals surface area (Å²) in [6.45, 7) is 10.1. The Bertz CT molecular complexity index is 162. The van der Waals surface area contributed by atoms with Crippen LogP contribution in [0.5, 0.6) is 0 Å². The van der Waals surface area contributed by atoms with E-state index in [-0.39, 0.29) is 6.42 Å². The zero-order chi connectivity index (χ0) is 12.8. The molecule has 0 unspecified atom stereocenters. The van der Waals surface area contributed by atoms with E-state index in [2.05, 4.69) is 25.7 Å². The van der Waals surface area contributed by atoms with Crippen molar-refractivity contribution in [3.63, 3.8) is 0 Å². The Balaban J connectivity index is 0. The van der Waals surface area contributed by atoms with E-state index >= 15 is 0 Å². The molecule has 0 saturated heterocycles. The third kappa shape index (κ3) is 15.6. The van der Waals surface area contributed by atoms with Crippen LogP contribution in [0.25, 0.3) is 0 Å². The molecule has 0 aromatic heterocycles. The van der Waals surface area contributed by atoms with Crippen molar-refractivity contribution in [3.8, 4) is 0 Å². The van der Waals surface area contributed by atoms with Gasteiger partial charge in [-0.3, -0.25) is 4.79 Å². The van der Waals surface area contributed by atoms with E-state index < -0.39 is 5.97 Å². The fraction of sp³-hybridized carbons (Fsp3) is 0.833. The van der Waals surface area contributed by atoms with E-state index in [1.807, 2.05) is 0 Å². The highest BCUT2D eigenvalue weighted by Gasteiger charge is 1.94. The highest BCUT2D eigenvalue weighted by Crippen LogP contribution is 1.96. The molecule has 0 spiro atoms. The van der Waals surface area contributed by atoms with Crippen LogP contribution < -0.4 is 0 Å². The van der Waals surface area contributed by atoms with Crippen LogP contribution in [-0.4, -0.2) is 41.9 Å². The monoisotopic (exact) mass is 231 g/mol. The number of carbonyl (C=O) groups is 2. The third-order valence-corrected chi connectivity index (χ3v) is 2.30. The van der Waals surface area contributed by atoms with Crippen LogP contribution in [0, 0.1) is 0 Å². The number of aliphatic carboxylic acids is 1. The maximum Gasteiger partial charge on any atom is 0.303 e. The van der Waals surface area contributed by atoms with Crippen molar-refractivity contribution in [2.24, 2.45) is 0 Å². The van der Waals surface area contributed by atoms with Crippen LogP contribution in [-0.2, 0) is 9.59 Å². The van der Waals surface area contributed by atoms with Crippen molar-refractivity contribution in [2.45, 2.75) is 46.5 Å². The lowest BCUT2D eigenvalue weighted by atomic mass is 10.2. The van der Waals surface area contributed by atoms with Gasteiger partial charge < -0.3 is 14.8 Å². The van der Waals surface area contributed by atoms with Gasteiger partial charge in [0.1, 0.15) is 6.29 Å². The summed E-state index contributed by atoms with van der Waals surface area (Å²) >= 11 is 0. The topological polar surface area (TPSA) is 57.6 Å². The second kappa shape index (κ2) is 14.1. The Morgan fingerprint density at radius 2 is 1.62 bits per heavy atom. The van der Waals surface area contributed by atoms with Crippen LogP contribution in [0.4, 0.5) is 0 Å². The largest absolute Gasteiger partial charge is 0.481 e. The summed E-state index contributed by atoms with van der Waals surface area (Å²) in [6, 6.07) is 0. The maximum atomic E-state index is 9.87. The van der Waals surface area contributed by atoms with Gasteiger partial charge in [0.2, 0.25) is 0 Å². The number of unbranched alkanes of at least 4 members (excludes halogenated alkanes) is 2.